The highest BCUT2D eigenvalue weighted by Gasteiger charge is 2.30. The summed E-state index contributed by atoms with van der Waals surface area (Å²) in [6, 6.07) is 12.3. The minimum Gasteiger partial charge on any atom is -0.381 e. The average Bonchev–Trinajstić information content (AvgIpc) is 2.72. The van der Waals surface area contributed by atoms with Gasteiger partial charge in [-0.1, -0.05) is 12.1 Å². The molecule has 1 unspecified atom stereocenters. The summed E-state index contributed by atoms with van der Waals surface area (Å²) in [6.07, 6.45) is 0.413. The Kier molecular flexibility index (Phi) is 7.40. The Morgan fingerprint density at radius 3 is 2.34 bits per heavy atom. The van der Waals surface area contributed by atoms with Gasteiger partial charge in [-0.15, -0.1) is 0 Å². The van der Waals surface area contributed by atoms with E-state index in [1.54, 1.807) is 26.0 Å². The summed E-state index contributed by atoms with van der Waals surface area (Å²) in [5, 5.41) is 3.07. The van der Waals surface area contributed by atoms with E-state index in [1.165, 1.54) is 16.8 Å². The van der Waals surface area contributed by atoms with Crippen LogP contribution >= 0.6 is 0 Å². The molecule has 1 fully saturated rings. The monoisotopic (exact) mass is 459 g/mol. The minimum atomic E-state index is -3.33. The maximum atomic E-state index is 12.0. The standard InChI is InChI=1S/C25H37N3O3S/c1-16(2)32(29,30)27-23-10-8-22(9-11-23)14-26-24-12-18(4)25(13-17(24)3)28-15-19(5)31-21(7)20(28)6/h8-13,16,19-21,26-27H,14-15H2,1-7H3/t19-,20?,21+/m0/s1. The molecule has 0 aliphatic carbocycles. The number of sulfonamides is 1. The van der Waals surface area contributed by atoms with Gasteiger partial charge in [-0.3, -0.25) is 4.72 Å². The predicted octanol–water partition coefficient (Wildman–Crippen LogP) is 5.07. The van der Waals surface area contributed by atoms with Crippen molar-refractivity contribution >= 4 is 27.1 Å². The van der Waals surface area contributed by atoms with E-state index in [4.69, 9.17) is 4.74 Å². The fourth-order valence-electron chi connectivity index (χ4n) is 4.01. The largest absolute Gasteiger partial charge is 0.381 e. The second-order valence-corrected chi connectivity index (χ2v) is 11.5. The van der Waals surface area contributed by atoms with E-state index >= 15 is 0 Å². The highest BCUT2D eigenvalue weighted by molar-refractivity contribution is 7.93. The second kappa shape index (κ2) is 9.71. The fraction of sp³-hybridized carbons (Fsp3) is 0.520. The van der Waals surface area contributed by atoms with Crippen LogP contribution in [0.2, 0.25) is 0 Å². The Morgan fingerprint density at radius 1 is 1.06 bits per heavy atom. The Balaban J connectivity index is 1.69. The Morgan fingerprint density at radius 2 is 1.72 bits per heavy atom. The fourth-order valence-corrected chi connectivity index (χ4v) is 4.71. The molecular formula is C25H37N3O3S. The van der Waals surface area contributed by atoms with Crippen LogP contribution in [-0.4, -0.2) is 38.5 Å². The molecule has 1 heterocycles. The van der Waals surface area contributed by atoms with Gasteiger partial charge in [-0.2, -0.15) is 0 Å². The van der Waals surface area contributed by atoms with Crippen LogP contribution < -0.4 is 14.9 Å². The van der Waals surface area contributed by atoms with E-state index < -0.39 is 15.3 Å². The van der Waals surface area contributed by atoms with Crippen molar-refractivity contribution in [1.82, 2.24) is 0 Å². The third-order valence-corrected chi connectivity index (χ3v) is 8.00. The topological polar surface area (TPSA) is 70.7 Å². The average molecular weight is 460 g/mol. The van der Waals surface area contributed by atoms with Crippen molar-refractivity contribution in [3.63, 3.8) is 0 Å². The molecule has 2 N–H and O–H groups in total. The maximum Gasteiger partial charge on any atom is 0.235 e. The summed E-state index contributed by atoms with van der Waals surface area (Å²) in [6.45, 7) is 15.7. The third kappa shape index (κ3) is 5.56. The summed E-state index contributed by atoms with van der Waals surface area (Å²) >= 11 is 0. The van der Waals surface area contributed by atoms with Gasteiger partial charge >= 0.3 is 0 Å². The van der Waals surface area contributed by atoms with E-state index in [-0.39, 0.29) is 12.2 Å². The van der Waals surface area contributed by atoms with Crippen molar-refractivity contribution in [2.45, 2.75) is 78.5 Å². The summed E-state index contributed by atoms with van der Waals surface area (Å²) in [7, 11) is -3.33. The van der Waals surface area contributed by atoms with E-state index in [2.05, 4.69) is 61.7 Å². The molecule has 3 rings (SSSR count). The first-order chi connectivity index (χ1) is 15.0. The lowest BCUT2D eigenvalue weighted by atomic mass is 10.0. The minimum absolute atomic E-state index is 0.198. The molecule has 0 spiro atoms. The smallest absolute Gasteiger partial charge is 0.235 e. The van der Waals surface area contributed by atoms with Gasteiger partial charge in [0.15, 0.2) is 0 Å². The molecule has 7 heteroatoms. The lowest BCUT2D eigenvalue weighted by molar-refractivity contribution is -0.0258. The van der Waals surface area contributed by atoms with Crippen LogP contribution in [0.5, 0.6) is 0 Å². The number of nitrogens with one attached hydrogen (secondary N) is 2. The zero-order chi connectivity index (χ0) is 23.6. The first-order valence-corrected chi connectivity index (χ1v) is 12.9. The number of hydrogen-bond donors (Lipinski definition) is 2. The molecular weight excluding hydrogens is 422 g/mol. The predicted molar refractivity (Wildman–Crippen MR) is 134 cm³/mol. The van der Waals surface area contributed by atoms with Crippen molar-refractivity contribution in [3.05, 3.63) is 53.1 Å². The van der Waals surface area contributed by atoms with Gasteiger partial charge in [0.05, 0.1) is 23.5 Å². The molecule has 1 saturated heterocycles. The van der Waals surface area contributed by atoms with Crippen LogP contribution in [0.1, 0.15) is 51.3 Å². The molecule has 0 amide bonds. The maximum absolute atomic E-state index is 12.0. The molecule has 0 saturated carbocycles. The van der Waals surface area contributed by atoms with Crippen molar-refractivity contribution in [2.75, 3.05) is 21.5 Å². The van der Waals surface area contributed by atoms with Gasteiger partial charge in [0.2, 0.25) is 10.0 Å². The number of nitrogens with zero attached hydrogens (tertiary/aromatic N) is 1. The molecule has 0 radical (unpaired) electrons. The van der Waals surface area contributed by atoms with Crippen molar-refractivity contribution in [2.24, 2.45) is 0 Å². The molecule has 1 aliphatic heterocycles. The number of hydrogen-bond acceptors (Lipinski definition) is 5. The highest BCUT2D eigenvalue weighted by atomic mass is 32.2. The van der Waals surface area contributed by atoms with Crippen LogP contribution in [0, 0.1) is 13.8 Å². The van der Waals surface area contributed by atoms with E-state index in [0.29, 0.717) is 18.3 Å². The van der Waals surface area contributed by atoms with Gasteiger partial charge in [0.1, 0.15) is 0 Å². The molecule has 6 nitrogen and oxygen atoms in total. The van der Waals surface area contributed by atoms with Crippen molar-refractivity contribution < 1.29 is 13.2 Å². The van der Waals surface area contributed by atoms with Crippen LogP contribution in [0.3, 0.4) is 0 Å². The molecule has 0 aromatic heterocycles. The van der Waals surface area contributed by atoms with Crippen LogP contribution in [0.25, 0.3) is 0 Å². The van der Waals surface area contributed by atoms with E-state index in [1.807, 2.05) is 12.1 Å². The van der Waals surface area contributed by atoms with Gasteiger partial charge in [0, 0.05) is 30.2 Å². The molecule has 1 aliphatic rings. The number of anilines is 3. The number of rotatable bonds is 7. The van der Waals surface area contributed by atoms with Crippen molar-refractivity contribution in [3.8, 4) is 0 Å². The zero-order valence-corrected chi connectivity index (χ0v) is 21.1. The van der Waals surface area contributed by atoms with Gasteiger partial charge in [0.25, 0.3) is 0 Å². The van der Waals surface area contributed by atoms with Crippen LogP contribution in [0.15, 0.2) is 36.4 Å². The van der Waals surface area contributed by atoms with Crippen molar-refractivity contribution in [1.29, 1.82) is 0 Å². The molecule has 176 valence electrons. The quantitative estimate of drug-likeness (QED) is 0.605. The van der Waals surface area contributed by atoms with Gasteiger partial charge in [-0.05, 0) is 89.4 Å². The highest BCUT2D eigenvalue weighted by Crippen LogP contribution is 2.32. The Hall–Kier alpha value is -2.25. The van der Waals surface area contributed by atoms with Crippen LogP contribution in [0.4, 0.5) is 17.1 Å². The Bertz CT molecular complexity index is 1040. The first-order valence-electron chi connectivity index (χ1n) is 11.4. The first kappa shape index (κ1) is 24.4. The lowest BCUT2D eigenvalue weighted by Gasteiger charge is -2.43. The molecule has 32 heavy (non-hydrogen) atoms. The van der Waals surface area contributed by atoms with Crippen LogP contribution in [-0.2, 0) is 21.3 Å². The van der Waals surface area contributed by atoms with E-state index in [0.717, 1.165) is 17.8 Å². The van der Waals surface area contributed by atoms with E-state index in [9.17, 15) is 8.42 Å². The molecule has 0 bridgehead atoms. The number of aryl methyl sites for hydroxylation is 2. The summed E-state index contributed by atoms with van der Waals surface area (Å²) in [5.41, 5.74) is 6.49. The molecule has 3 atom stereocenters. The second-order valence-electron chi connectivity index (χ2n) is 9.24. The Labute approximate surface area is 193 Å². The molecule has 2 aromatic carbocycles. The lowest BCUT2D eigenvalue weighted by Crippen LogP contribution is -2.52. The van der Waals surface area contributed by atoms with Gasteiger partial charge < -0.3 is 15.0 Å². The SMILES string of the molecule is Cc1cc(N2C[C@H](C)O[C@H](C)C2C)c(C)cc1NCc1ccc(NS(=O)(=O)C(C)C)cc1. The summed E-state index contributed by atoms with van der Waals surface area (Å²) < 4.78 is 32.7. The number of benzene rings is 2. The summed E-state index contributed by atoms with van der Waals surface area (Å²) in [5.74, 6) is 0. The number of ether oxygens (including phenoxy) is 1. The molecule has 2 aromatic rings. The zero-order valence-electron chi connectivity index (χ0n) is 20.3. The van der Waals surface area contributed by atoms with Gasteiger partial charge in [-0.25, -0.2) is 8.42 Å². The number of morpholine rings is 1. The third-order valence-electron chi connectivity index (χ3n) is 6.24. The summed E-state index contributed by atoms with van der Waals surface area (Å²) in [4.78, 5) is 2.46. The normalized spacial score (nSPS) is 21.6.